The number of halogens is 2. The zero-order valence-electron chi connectivity index (χ0n) is 9.11. The molecular weight excluding hydrogens is 299 g/mol. The molecule has 0 unspecified atom stereocenters. The average Bonchev–Trinajstić information content (AvgIpc) is 3.13. The van der Waals surface area contributed by atoms with Crippen LogP contribution in [0.25, 0.3) is 0 Å². The third-order valence-electron chi connectivity index (χ3n) is 2.46. The third-order valence-corrected chi connectivity index (χ3v) is 4.68. The van der Waals surface area contributed by atoms with Gasteiger partial charge in [0.25, 0.3) is 10.0 Å². The molecule has 1 aliphatic rings. The summed E-state index contributed by atoms with van der Waals surface area (Å²) in [5.41, 5.74) is 2.15. The second-order valence-corrected chi connectivity index (χ2v) is 6.36. The number of carbonyl (C=O) groups excluding carboxylic acids is 1. The Bertz CT molecular complexity index is 585. The van der Waals surface area contributed by atoms with Crippen molar-refractivity contribution in [1.82, 2.24) is 10.3 Å². The monoisotopic (exact) mass is 308 g/mol. The minimum Gasteiger partial charge on any atom is -0.277 e. The summed E-state index contributed by atoms with van der Waals surface area (Å²) in [5.74, 6) is -0.431. The highest BCUT2D eigenvalue weighted by Crippen LogP contribution is 2.30. The van der Waals surface area contributed by atoms with Crippen LogP contribution in [0.5, 0.6) is 0 Å². The normalized spacial score (nSPS) is 15.4. The fourth-order valence-electron chi connectivity index (χ4n) is 1.31. The van der Waals surface area contributed by atoms with Crippen LogP contribution in [0.2, 0.25) is 10.0 Å². The van der Waals surface area contributed by atoms with Crippen molar-refractivity contribution in [2.75, 3.05) is 0 Å². The summed E-state index contributed by atoms with van der Waals surface area (Å²) in [7, 11) is -3.91. The number of nitrogens with one attached hydrogen (secondary N) is 2. The van der Waals surface area contributed by atoms with Crippen molar-refractivity contribution in [2.24, 2.45) is 5.92 Å². The Labute approximate surface area is 114 Å². The summed E-state index contributed by atoms with van der Waals surface area (Å²) in [6.07, 6.45) is 1.57. The Morgan fingerprint density at radius 2 is 1.94 bits per heavy atom. The second-order valence-electron chi connectivity index (χ2n) is 3.92. The maximum atomic E-state index is 11.9. The molecule has 18 heavy (non-hydrogen) atoms. The number of benzene rings is 1. The first-order valence-electron chi connectivity index (χ1n) is 5.17. The molecule has 0 heterocycles. The van der Waals surface area contributed by atoms with Crippen molar-refractivity contribution in [1.29, 1.82) is 0 Å². The van der Waals surface area contributed by atoms with E-state index in [0.29, 0.717) is 0 Å². The van der Waals surface area contributed by atoms with Gasteiger partial charge in [-0.15, -0.1) is 4.83 Å². The van der Waals surface area contributed by atoms with Crippen LogP contribution in [0.1, 0.15) is 12.8 Å². The van der Waals surface area contributed by atoms with Crippen molar-refractivity contribution in [3.8, 4) is 0 Å². The summed E-state index contributed by atoms with van der Waals surface area (Å²) < 4.78 is 23.8. The average molecular weight is 309 g/mol. The molecule has 0 aromatic heterocycles. The number of amides is 1. The highest BCUT2D eigenvalue weighted by Gasteiger charge is 2.30. The minimum atomic E-state index is -3.91. The molecule has 2 N–H and O–H groups in total. The van der Waals surface area contributed by atoms with Gasteiger partial charge in [0, 0.05) is 5.92 Å². The lowest BCUT2D eigenvalue weighted by atomic mass is 10.4. The lowest BCUT2D eigenvalue weighted by Crippen LogP contribution is -2.42. The van der Waals surface area contributed by atoms with Gasteiger partial charge in [-0.25, -0.2) is 8.42 Å². The van der Waals surface area contributed by atoms with Crippen LogP contribution in [0, 0.1) is 5.92 Å². The molecule has 1 amide bonds. The van der Waals surface area contributed by atoms with Gasteiger partial charge in [0.2, 0.25) is 5.91 Å². The van der Waals surface area contributed by atoms with Crippen LogP contribution in [0.15, 0.2) is 23.1 Å². The number of carbonyl (C=O) groups is 1. The fourth-order valence-corrected chi connectivity index (χ4v) is 2.92. The molecule has 0 spiro atoms. The van der Waals surface area contributed by atoms with Gasteiger partial charge in [0.1, 0.15) is 4.90 Å². The Kier molecular flexibility index (Phi) is 3.82. The zero-order chi connectivity index (χ0) is 13.3. The van der Waals surface area contributed by atoms with Crippen LogP contribution >= 0.6 is 23.2 Å². The molecule has 1 saturated carbocycles. The van der Waals surface area contributed by atoms with E-state index in [1.54, 1.807) is 0 Å². The van der Waals surface area contributed by atoms with Crippen LogP contribution < -0.4 is 10.3 Å². The summed E-state index contributed by atoms with van der Waals surface area (Å²) in [6, 6.07) is 4.25. The van der Waals surface area contributed by atoms with E-state index in [4.69, 9.17) is 23.2 Å². The van der Waals surface area contributed by atoms with Crippen molar-refractivity contribution in [3.05, 3.63) is 28.2 Å². The Hall–Kier alpha value is -0.820. The predicted molar refractivity (Wildman–Crippen MR) is 67.7 cm³/mol. The number of hydrazine groups is 1. The molecular formula is C10H10Cl2N2O3S. The topological polar surface area (TPSA) is 75.3 Å². The lowest BCUT2D eigenvalue weighted by Gasteiger charge is -2.09. The van der Waals surface area contributed by atoms with Gasteiger partial charge >= 0.3 is 0 Å². The number of hydrogen-bond acceptors (Lipinski definition) is 3. The van der Waals surface area contributed by atoms with Crippen molar-refractivity contribution in [2.45, 2.75) is 17.7 Å². The Morgan fingerprint density at radius 1 is 1.28 bits per heavy atom. The predicted octanol–water partition coefficient (Wildman–Crippen LogP) is 1.71. The second kappa shape index (κ2) is 5.05. The molecule has 1 aliphatic carbocycles. The first-order chi connectivity index (χ1) is 8.42. The molecule has 2 rings (SSSR count). The van der Waals surface area contributed by atoms with E-state index in [-0.39, 0.29) is 26.8 Å². The first kappa shape index (κ1) is 13.6. The molecule has 98 valence electrons. The molecule has 1 aromatic rings. The van der Waals surface area contributed by atoms with E-state index in [1.165, 1.54) is 18.2 Å². The molecule has 1 aromatic carbocycles. The minimum absolute atomic E-state index is 0.0765. The van der Waals surface area contributed by atoms with Gasteiger partial charge in [-0.3, -0.25) is 10.2 Å². The van der Waals surface area contributed by atoms with Gasteiger partial charge in [-0.2, -0.15) is 0 Å². The molecule has 0 bridgehead atoms. The fraction of sp³-hybridized carbons (Fsp3) is 0.300. The standard InChI is InChI=1S/C10H10Cl2N2O3S/c11-7-2-1-3-8(9(7)12)18(16,17)14-13-10(15)6-4-5-6/h1-3,6,14H,4-5H2,(H,13,15). The molecule has 0 saturated heterocycles. The Morgan fingerprint density at radius 3 is 2.56 bits per heavy atom. The van der Waals surface area contributed by atoms with Crippen LogP contribution in [0.3, 0.4) is 0 Å². The third kappa shape index (κ3) is 2.95. The van der Waals surface area contributed by atoms with E-state index in [1.807, 2.05) is 4.83 Å². The smallest absolute Gasteiger partial charge is 0.258 e. The van der Waals surface area contributed by atoms with Crippen LogP contribution in [-0.2, 0) is 14.8 Å². The lowest BCUT2D eigenvalue weighted by molar-refractivity contribution is -0.122. The van der Waals surface area contributed by atoms with Crippen LogP contribution in [-0.4, -0.2) is 14.3 Å². The molecule has 8 heteroatoms. The Balaban J connectivity index is 2.14. The quantitative estimate of drug-likeness (QED) is 0.832. The highest BCUT2D eigenvalue weighted by atomic mass is 35.5. The number of rotatable bonds is 4. The zero-order valence-corrected chi connectivity index (χ0v) is 11.4. The SMILES string of the molecule is O=C(NNS(=O)(=O)c1cccc(Cl)c1Cl)C1CC1. The van der Waals surface area contributed by atoms with Crippen molar-refractivity contribution in [3.63, 3.8) is 0 Å². The largest absolute Gasteiger partial charge is 0.277 e. The van der Waals surface area contributed by atoms with Gasteiger partial charge in [0.05, 0.1) is 10.0 Å². The summed E-state index contributed by atoms with van der Waals surface area (Å²) in [4.78, 5) is 13.2. The van der Waals surface area contributed by atoms with Crippen molar-refractivity contribution < 1.29 is 13.2 Å². The summed E-state index contributed by atoms with van der Waals surface area (Å²) >= 11 is 11.5. The van der Waals surface area contributed by atoms with E-state index in [2.05, 4.69) is 5.43 Å². The van der Waals surface area contributed by atoms with Gasteiger partial charge < -0.3 is 0 Å². The molecule has 5 nitrogen and oxygen atoms in total. The summed E-state index contributed by atoms with van der Waals surface area (Å²) in [5, 5.41) is 0.0559. The molecule has 0 radical (unpaired) electrons. The maximum Gasteiger partial charge on any atom is 0.258 e. The molecule has 1 fully saturated rings. The summed E-state index contributed by atoms with van der Waals surface area (Å²) in [6.45, 7) is 0. The number of sulfonamides is 1. The van der Waals surface area contributed by atoms with E-state index in [9.17, 15) is 13.2 Å². The van der Waals surface area contributed by atoms with E-state index >= 15 is 0 Å². The van der Waals surface area contributed by atoms with Crippen LogP contribution in [0.4, 0.5) is 0 Å². The maximum absolute atomic E-state index is 11.9. The van der Waals surface area contributed by atoms with Gasteiger partial charge in [-0.1, -0.05) is 29.3 Å². The van der Waals surface area contributed by atoms with E-state index < -0.39 is 10.0 Å². The highest BCUT2D eigenvalue weighted by molar-refractivity contribution is 7.89. The van der Waals surface area contributed by atoms with E-state index in [0.717, 1.165) is 12.8 Å². The van der Waals surface area contributed by atoms with Gasteiger partial charge in [0.15, 0.2) is 0 Å². The van der Waals surface area contributed by atoms with Crippen molar-refractivity contribution >= 4 is 39.1 Å². The van der Waals surface area contributed by atoms with Gasteiger partial charge in [-0.05, 0) is 25.0 Å². The molecule has 0 aliphatic heterocycles. The first-order valence-corrected chi connectivity index (χ1v) is 7.41. The number of hydrogen-bond donors (Lipinski definition) is 2. The molecule has 0 atom stereocenters.